The molecular weight excluding hydrogens is 366 g/mol. The van der Waals surface area contributed by atoms with Crippen LogP contribution in [0.1, 0.15) is 49.5 Å². The summed E-state index contributed by atoms with van der Waals surface area (Å²) in [5.74, 6) is 1.32. The lowest BCUT2D eigenvalue weighted by Gasteiger charge is -2.26. The number of hydrogen-bond acceptors (Lipinski definition) is 5. The number of carbonyl (C=O) groups excluding carboxylic acids is 1. The van der Waals surface area contributed by atoms with E-state index in [1.807, 2.05) is 36.4 Å². The molecular formula is C24H33NO4. The van der Waals surface area contributed by atoms with E-state index in [2.05, 4.69) is 26.1 Å². The van der Waals surface area contributed by atoms with Gasteiger partial charge in [0.2, 0.25) is 0 Å². The van der Waals surface area contributed by atoms with Crippen molar-refractivity contribution in [3.05, 3.63) is 59.7 Å². The number of rotatable bonds is 12. The third kappa shape index (κ3) is 7.18. The normalized spacial score (nSPS) is 12.4. The second-order valence-electron chi connectivity index (χ2n) is 7.81. The Hall–Kier alpha value is -2.37. The SMILES string of the molecule is CCC(C)(C)NCC(O)COc1ccccc1CCC(=O)c1ccccc1OC. The number of para-hydroxylation sites is 2. The van der Waals surface area contributed by atoms with Crippen molar-refractivity contribution >= 4 is 5.78 Å². The fourth-order valence-electron chi connectivity index (χ4n) is 2.87. The van der Waals surface area contributed by atoms with E-state index in [4.69, 9.17) is 9.47 Å². The second kappa shape index (κ2) is 11.0. The lowest BCUT2D eigenvalue weighted by atomic mass is 10.0. The van der Waals surface area contributed by atoms with Crippen molar-refractivity contribution in [1.29, 1.82) is 0 Å². The van der Waals surface area contributed by atoms with Gasteiger partial charge in [0.15, 0.2) is 5.78 Å². The van der Waals surface area contributed by atoms with Crippen LogP contribution < -0.4 is 14.8 Å². The van der Waals surface area contributed by atoms with E-state index in [9.17, 15) is 9.90 Å². The second-order valence-corrected chi connectivity index (χ2v) is 7.81. The van der Waals surface area contributed by atoms with Crippen LogP contribution in [0.15, 0.2) is 48.5 Å². The van der Waals surface area contributed by atoms with Gasteiger partial charge >= 0.3 is 0 Å². The first-order valence-electron chi connectivity index (χ1n) is 10.2. The van der Waals surface area contributed by atoms with Gasteiger partial charge in [-0.05, 0) is 50.5 Å². The van der Waals surface area contributed by atoms with Crippen LogP contribution in [0, 0.1) is 0 Å². The molecule has 1 atom stereocenters. The molecule has 158 valence electrons. The van der Waals surface area contributed by atoms with Crippen LogP contribution in [-0.4, -0.2) is 42.8 Å². The van der Waals surface area contributed by atoms with Crippen LogP contribution in [0.3, 0.4) is 0 Å². The van der Waals surface area contributed by atoms with Gasteiger partial charge < -0.3 is 19.9 Å². The number of nitrogens with one attached hydrogen (secondary N) is 1. The minimum absolute atomic E-state index is 0.0161. The van der Waals surface area contributed by atoms with E-state index in [0.29, 0.717) is 36.4 Å². The van der Waals surface area contributed by atoms with E-state index >= 15 is 0 Å². The number of methoxy groups -OCH3 is 1. The van der Waals surface area contributed by atoms with E-state index in [-0.39, 0.29) is 17.9 Å². The molecule has 0 spiro atoms. The van der Waals surface area contributed by atoms with Crippen molar-refractivity contribution in [2.45, 2.75) is 51.7 Å². The number of ketones is 1. The van der Waals surface area contributed by atoms with Crippen LogP contribution >= 0.6 is 0 Å². The van der Waals surface area contributed by atoms with Crippen LogP contribution in [0.25, 0.3) is 0 Å². The van der Waals surface area contributed by atoms with Gasteiger partial charge in [-0.2, -0.15) is 0 Å². The molecule has 2 N–H and O–H groups in total. The predicted molar refractivity (Wildman–Crippen MR) is 116 cm³/mol. The van der Waals surface area contributed by atoms with Gasteiger partial charge in [0, 0.05) is 18.5 Å². The summed E-state index contributed by atoms with van der Waals surface area (Å²) in [6.45, 7) is 6.99. The largest absolute Gasteiger partial charge is 0.496 e. The van der Waals surface area contributed by atoms with Gasteiger partial charge in [-0.3, -0.25) is 4.79 Å². The first kappa shape index (κ1) is 22.9. The molecule has 2 aromatic rings. The molecule has 5 heteroatoms. The van der Waals surface area contributed by atoms with Gasteiger partial charge in [0.1, 0.15) is 24.2 Å². The number of Topliss-reactive ketones (excluding diaryl/α,β-unsaturated/α-hetero) is 1. The standard InChI is InChI=1S/C24H33NO4/c1-5-24(2,3)25-16-19(26)17-29-22-12-8-6-10-18(22)14-15-21(27)20-11-7-9-13-23(20)28-4/h6-13,19,25-26H,5,14-17H2,1-4H3. The molecule has 2 rings (SSSR count). The van der Waals surface area contributed by atoms with Gasteiger partial charge in [0.05, 0.1) is 12.7 Å². The van der Waals surface area contributed by atoms with Gasteiger partial charge in [-0.25, -0.2) is 0 Å². The number of aliphatic hydroxyl groups excluding tert-OH is 1. The third-order valence-electron chi connectivity index (χ3n) is 5.13. The number of ether oxygens (including phenoxy) is 2. The smallest absolute Gasteiger partial charge is 0.166 e. The average molecular weight is 400 g/mol. The fraction of sp³-hybridized carbons (Fsp3) is 0.458. The molecule has 0 aliphatic rings. The molecule has 0 aliphatic carbocycles. The fourth-order valence-corrected chi connectivity index (χ4v) is 2.87. The van der Waals surface area contributed by atoms with Crippen LogP contribution in [0.4, 0.5) is 0 Å². The van der Waals surface area contributed by atoms with Gasteiger partial charge in [-0.1, -0.05) is 37.3 Å². The molecule has 0 fully saturated rings. The lowest BCUT2D eigenvalue weighted by Crippen LogP contribution is -2.44. The maximum Gasteiger partial charge on any atom is 0.166 e. The quantitative estimate of drug-likeness (QED) is 0.528. The zero-order chi connectivity index (χ0) is 21.3. The summed E-state index contributed by atoms with van der Waals surface area (Å²) in [4.78, 5) is 12.6. The Kier molecular flexibility index (Phi) is 8.68. The Morgan fingerprint density at radius 1 is 1.10 bits per heavy atom. The topological polar surface area (TPSA) is 67.8 Å². The highest BCUT2D eigenvalue weighted by Crippen LogP contribution is 2.23. The molecule has 0 aromatic heterocycles. The molecule has 0 aliphatic heterocycles. The summed E-state index contributed by atoms with van der Waals surface area (Å²) in [6.07, 6.45) is 1.28. The third-order valence-corrected chi connectivity index (χ3v) is 5.13. The molecule has 1 unspecified atom stereocenters. The molecule has 5 nitrogen and oxygen atoms in total. The lowest BCUT2D eigenvalue weighted by molar-refractivity contribution is 0.0964. The van der Waals surface area contributed by atoms with Crippen molar-refractivity contribution in [3.8, 4) is 11.5 Å². The minimum Gasteiger partial charge on any atom is -0.496 e. The molecule has 0 heterocycles. The van der Waals surface area contributed by atoms with Crippen molar-refractivity contribution in [3.63, 3.8) is 0 Å². The van der Waals surface area contributed by atoms with Gasteiger partial charge in [0.25, 0.3) is 0 Å². The summed E-state index contributed by atoms with van der Waals surface area (Å²) >= 11 is 0. The van der Waals surface area contributed by atoms with Crippen LogP contribution in [0.2, 0.25) is 0 Å². The number of aryl methyl sites for hydroxylation is 1. The van der Waals surface area contributed by atoms with E-state index < -0.39 is 6.10 Å². The Labute approximate surface area is 174 Å². The summed E-state index contributed by atoms with van der Waals surface area (Å²) in [5, 5.41) is 13.6. The highest BCUT2D eigenvalue weighted by Gasteiger charge is 2.17. The minimum atomic E-state index is -0.607. The summed E-state index contributed by atoms with van der Waals surface area (Å²) in [7, 11) is 1.57. The molecule has 0 radical (unpaired) electrons. The molecule has 0 saturated heterocycles. The number of β-amino-alcohol motifs (C(OH)–C–C–N with tert-alkyl or cyclic N) is 1. The zero-order valence-corrected chi connectivity index (χ0v) is 17.9. The first-order chi connectivity index (χ1) is 13.9. The summed E-state index contributed by atoms with van der Waals surface area (Å²) in [6, 6.07) is 14.9. The number of benzene rings is 2. The van der Waals surface area contributed by atoms with E-state index in [0.717, 1.165) is 12.0 Å². The zero-order valence-electron chi connectivity index (χ0n) is 17.9. The van der Waals surface area contributed by atoms with E-state index in [1.54, 1.807) is 19.2 Å². The maximum absolute atomic E-state index is 12.6. The Bertz CT molecular complexity index is 788. The van der Waals surface area contributed by atoms with Gasteiger partial charge in [-0.15, -0.1) is 0 Å². The van der Waals surface area contributed by atoms with Crippen molar-refractivity contribution in [2.75, 3.05) is 20.3 Å². The highest BCUT2D eigenvalue weighted by atomic mass is 16.5. The molecule has 0 bridgehead atoms. The molecule has 2 aromatic carbocycles. The predicted octanol–water partition coefficient (Wildman–Crippen LogP) is 4.03. The number of aliphatic hydroxyl groups is 1. The number of carbonyl (C=O) groups is 1. The first-order valence-corrected chi connectivity index (χ1v) is 10.2. The molecule has 29 heavy (non-hydrogen) atoms. The maximum atomic E-state index is 12.6. The molecule has 0 amide bonds. The van der Waals surface area contributed by atoms with Crippen molar-refractivity contribution < 1.29 is 19.4 Å². The Balaban J connectivity index is 1.92. The molecule has 0 saturated carbocycles. The van der Waals surface area contributed by atoms with Crippen LogP contribution in [0.5, 0.6) is 11.5 Å². The highest BCUT2D eigenvalue weighted by molar-refractivity contribution is 5.98. The van der Waals surface area contributed by atoms with Crippen molar-refractivity contribution in [1.82, 2.24) is 5.32 Å². The van der Waals surface area contributed by atoms with Crippen molar-refractivity contribution in [2.24, 2.45) is 0 Å². The van der Waals surface area contributed by atoms with Crippen LogP contribution in [-0.2, 0) is 6.42 Å². The average Bonchev–Trinajstić information content (AvgIpc) is 2.75. The monoisotopic (exact) mass is 399 g/mol. The summed E-state index contributed by atoms with van der Waals surface area (Å²) in [5.41, 5.74) is 1.52. The number of hydrogen-bond donors (Lipinski definition) is 2. The van der Waals surface area contributed by atoms with E-state index in [1.165, 1.54) is 0 Å². The Morgan fingerprint density at radius 3 is 2.45 bits per heavy atom. The summed E-state index contributed by atoms with van der Waals surface area (Å²) < 4.78 is 11.1. The Morgan fingerprint density at radius 2 is 1.76 bits per heavy atom.